The molecule has 0 spiro atoms. The van der Waals surface area contributed by atoms with Crippen LogP contribution in [0.3, 0.4) is 0 Å². The molecule has 0 unspecified atom stereocenters. The maximum absolute atomic E-state index is 12.5. The molecule has 1 fully saturated rings. The molecule has 2 aromatic rings. The molecule has 1 aromatic carbocycles. The van der Waals surface area contributed by atoms with Crippen LogP contribution >= 0.6 is 0 Å². The van der Waals surface area contributed by atoms with Gasteiger partial charge in [-0.1, -0.05) is 0 Å². The van der Waals surface area contributed by atoms with Gasteiger partial charge in [-0.25, -0.2) is 0 Å². The molecule has 27 heavy (non-hydrogen) atoms. The van der Waals surface area contributed by atoms with Crippen molar-refractivity contribution in [2.45, 2.75) is 13.5 Å². The van der Waals surface area contributed by atoms with E-state index < -0.39 is 0 Å². The summed E-state index contributed by atoms with van der Waals surface area (Å²) in [4.78, 5) is 28.0. The number of hydrogen-bond donors (Lipinski definition) is 1. The molecule has 0 saturated carbocycles. The number of nitrogens with zero attached hydrogens (tertiary/aromatic N) is 3. The Bertz CT molecular complexity index is 781. The van der Waals surface area contributed by atoms with Crippen LogP contribution in [-0.4, -0.2) is 71.8 Å². The van der Waals surface area contributed by atoms with E-state index in [1.807, 2.05) is 6.92 Å². The van der Waals surface area contributed by atoms with Gasteiger partial charge in [0.1, 0.15) is 5.75 Å². The summed E-state index contributed by atoms with van der Waals surface area (Å²) < 4.78 is 10.8. The van der Waals surface area contributed by atoms with E-state index in [0.29, 0.717) is 44.2 Å². The van der Waals surface area contributed by atoms with Crippen LogP contribution < -0.4 is 4.74 Å². The van der Waals surface area contributed by atoms with Crippen LogP contribution in [0.15, 0.2) is 30.5 Å². The minimum absolute atomic E-state index is 0.0209. The Morgan fingerprint density at radius 3 is 2.59 bits per heavy atom. The van der Waals surface area contributed by atoms with Crippen LogP contribution in [0.5, 0.6) is 5.75 Å². The molecule has 0 atom stereocenters. The van der Waals surface area contributed by atoms with E-state index in [9.17, 15) is 9.59 Å². The van der Waals surface area contributed by atoms with Gasteiger partial charge in [-0.05, 0) is 31.2 Å². The van der Waals surface area contributed by atoms with Crippen LogP contribution in [0.1, 0.15) is 21.6 Å². The van der Waals surface area contributed by atoms with Crippen molar-refractivity contribution < 1.29 is 19.1 Å². The number of carbonyl (C=O) groups excluding carboxylic acids is 2. The predicted molar refractivity (Wildman–Crippen MR) is 98.5 cm³/mol. The second-order valence-corrected chi connectivity index (χ2v) is 6.49. The predicted octanol–water partition coefficient (Wildman–Crippen LogP) is 1.23. The smallest absolute Gasteiger partial charge is 0.260 e. The number of aromatic amines is 1. The Morgan fingerprint density at radius 1 is 1.26 bits per heavy atom. The van der Waals surface area contributed by atoms with Gasteiger partial charge in [0.15, 0.2) is 6.61 Å². The van der Waals surface area contributed by atoms with Gasteiger partial charge in [0.25, 0.3) is 11.8 Å². The molecule has 2 heterocycles. The molecule has 1 N–H and O–H groups in total. The molecule has 3 rings (SSSR count). The number of ether oxygens (including phenoxy) is 2. The summed E-state index contributed by atoms with van der Waals surface area (Å²) in [6, 6.07) is 6.82. The zero-order valence-corrected chi connectivity index (χ0v) is 15.6. The molecular formula is C19H24N4O4. The standard InChI is InChI=1S/C19H24N4O4/c1-14-16(11-20-21-14)12-22(2)19(25)15-3-5-17(6-4-15)27-13-18(24)23-7-9-26-10-8-23/h3-6,11H,7-10,12-13H2,1-2H3,(H,20,21). The van der Waals surface area contributed by atoms with Crippen molar-refractivity contribution in [1.82, 2.24) is 20.0 Å². The van der Waals surface area contributed by atoms with Gasteiger partial charge < -0.3 is 19.3 Å². The summed E-state index contributed by atoms with van der Waals surface area (Å²) in [5, 5.41) is 6.83. The molecule has 1 saturated heterocycles. The van der Waals surface area contributed by atoms with Crippen molar-refractivity contribution in [2.75, 3.05) is 40.0 Å². The van der Waals surface area contributed by atoms with Crippen LogP contribution in [0.2, 0.25) is 0 Å². The minimum Gasteiger partial charge on any atom is -0.484 e. The third kappa shape index (κ3) is 4.85. The molecule has 8 nitrogen and oxygen atoms in total. The first kappa shape index (κ1) is 18.9. The highest BCUT2D eigenvalue weighted by atomic mass is 16.5. The van der Waals surface area contributed by atoms with Crippen molar-refractivity contribution in [3.8, 4) is 5.75 Å². The normalized spacial score (nSPS) is 14.1. The van der Waals surface area contributed by atoms with Gasteiger partial charge in [-0.3, -0.25) is 14.7 Å². The number of morpholine rings is 1. The number of nitrogens with one attached hydrogen (secondary N) is 1. The Balaban J connectivity index is 1.52. The molecule has 1 aliphatic heterocycles. The Kier molecular flexibility index (Phi) is 6.08. The average molecular weight is 372 g/mol. The molecule has 2 amide bonds. The zero-order chi connectivity index (χ0) is 19.2. The largest absolute Gasteiger partial charge is 0.484 e. The van der Waals surface area contributed by atoms with Gasteiger partial charge in [-0.15, -0.1) is 0 Å². The molecule has 0 bridgehead atoms. The third-order valence-corrected chi connectivity index (χ3v) is 4.52. The third-order valence-electron chi connectivity index (χ3n) is 4.52. The van der Waals surface area contributed by atoms with E-state index in [4.69, 9.17) is 9.47 Å². The van der Waals surface area contributed by atoms with E-state index in [1.165, 1.54) is 0 Å². The SMILES string of the molecule is Cc1[nH]ncc1CN(C)C(=O)c1ccc(OCC(=O)N2CCOCC2)cc1. The summed E-state index contributed by atoms with van der Waals surface area (Å²) in [7, 11) is 1.75. The Morgan fingerprint density at radius 2 is 1.96 bits per heavy atom. The Hall–Kier alpha value is -2.87. The average Bonchev–Trinajstić information content (AvgIpc) is 3.11. The van der Waals surface area contributed by atoms with Gasteiger partial charge in [0.2, 0.25) is 0 Å². The first-order valence-corrected chi connectivity index (χ1v) is 8.87. The van der Waals surface area contributed by atoms with Crippen LogP contribution in [0, 0.1) is 6.92 Å². The summed E-state index contributed by atoms with van der Waals surface area (Å²) in [6.07, 6.45) is 1.72. The molecule has 8 heteroatoms. The van der Waals surface area contributed by atoms with Crippen molar-refractivity contribution in [2.24, 2.45) is 0 Å². The fraction of sp³-hybridized carbons (Fsp3) is 0.421. The van der Waals surface area contributed by atoms with E-state index in [-0.39, 0.29) is 18.4 Å². The summed E-state index contributed by atoms with van der Waals surface area (Å²) in [5.74, 6) is 0.404. The fourth-order valence-corrected chi connectivity index (χ4v) is 2.83. The van der Waals surface area contributed by atoms with E-state index in [0.717, 1.165) is 11.3 Å². The lowest BCUT2D eigenvalue weighted by Crippen LogP contribution is -2.42. The van der Waals surface area contributed by atoms with E-state index in [2.05, 4.69) is 10.2 Å². The highest BCUT2D eigenvalue weighted by Crippen LogP contribution is 2.15. The van der Waals surface area contributed by atoms with Crippen molar-refractivity contribution in [1.29, 1.82) is 0 Å². The second-order valence-electron chi connectivity index (χ2n) is 6.49. The summed E-state index contributed by atoms with van der Waals surface area (Å²) in [5.41, 5.74) is 2.49. The van der Waals surface area contributed by atoms with Gasteiger partial charge in [-0.2, -0.15) is 5.10 Å². The van der Waals surface area contributed by atoms with Crippen LogP contribution in [0.4, 0.5) is 0 Å². The molecule has 144 valence electrons. The van der Waals surface area contributed by atoms with E-state index >= 15 is 0 Å². The fourth-order valence-electron chi connectivity index (χ4n) is 2.83. The molecule has 0 aliphatic carbocycles. The maximum atomic E-state index is 12.5. The lowest BCUT2D eigenvalue weighted by molar-refractivity contribution is -0.137. The number of H-pyrrole nitrogens is 1. The lowest BCUT2D eigenvalue weighted by atomic mass is 10.1. The molecule has 1 aromatic heterocycles. The van der Waals surface area contributed by atoms with Gasteiger partial charge in [0.05, 0.1) is 19.4 Å². The number of aromatic nitrogens is 2. The number of hydrogen-bond acceptors (Lipinski definition) is 5. The monoisotopic (exact) mass is 372 g/mol. The summed E-state index contributed by atoms with van der Waals surface area (Å²) in [6.45, 7) is 4.70. The van der Waals surface area contributed by atoms with Crippen LogP contribution in [-0.2, 0) is 16.1 Å². The second kappa shape index (κ2) is 8.68. The van der Waals surface area contributed by atoms with Gasteiger partial charge >= 0.3 is 0 Å². The Labute approximate surface area is 158 Å². The lowest BCUT2D eigenvalue weighted by Gasteiger charge is -2.26. The van der Waals surface area contributed by atoms with Crippen molar-refractivity contribution >= 4 is 11.8 Å². The zero-order valence-electron chi connectivity index (χ0n) is 15.6. The highest BCUT2D eigenvalue weighted by molar-refractivity contribution is 5.94. The molecule has 1 aliphatic rings. The quantitative estimate of drug-likeness (QED) is 0.824. The minimum atomic E-state index is -0.0912. The maximum Gasteiger partial charge on any atom is 0.260 e. The van der Waals surface area contributed by atoms with Crippen molar-refractivity contribution in [3.63, 3.8) is 0 Å². The first-order valence-electron chi connectivity index (χ1n) is 8.87. The topological polar surface area (TPSA) is 87.8 Å². The highest BCUT2D eigenvalue weighted by Gasteiger charge is 2.17. The number of benzene rings is 1. The number of carbonyl (C=O) groups is 2. The summed E-state index contributed by atoms with van der Waals surface area (Å²) >= 11 is 0. The number of aryl methyl sites for hydroxylation is 1. The number of rotatable bonds is 6. The van der Waals surface area contributed by atoms with Crippen LogP contribution in [0.25, 0.3) is 0 Å². The van der Waals surface area contributed by atoms with Crippen molar-refractivity contribution in [3.05, 3.63) is 47.3 Å². The molecular weight excluding hydrogens is 348 g/mol. The molecule has 0 radical (unpaired) electrons. The number of amides is 2. The van der Waals surface area contributed by atoms with Gasteiger partial charge in [0, 0.05) is 43.5 Å². The first-order chi connectivity index (χ1) is 13.0. The van der Waals surface area contributed by atoms with E-state index in [1.54, 1.807) is 47.3 Å².